The molecule has 0 aliphatic rings. The molecule has 5 heteroatoms. The van der Waals surface area contributed by atoms with Crippen LogP contribution in [0.25, 0.3) is 16.6 Å². The topological polar surface area (TPSA) is 34.9 Å². The number of pyridine rings is 2. The van der Waals surface area contributed by atoms with E-state index < -0.39 is 17.2 Å². The van der Waals surface area contributed by atoms with Gasteiger partial charge >= 0.3 is 0 Å². The van der Waals surface area contributed by atoms with E-state index in [2.05, 4.69) is 4.98 Å². The fourth-order valence-electron chi connectivity index (χ4n) is 2.63. The first-order valence-corrected chi connectivity index (χ1v) is 7.36. The van der Waals surface area contributed by atoms with E-state index in [9.17, 15) is 13.6 Å². The maximum absolute atomic E-state index is 14.2. The third kappa shape index (κ3) is 2.63. The summed E-state index contributed by atoms with van der Waals surface area (Å²) in [4.78, 5) is 16.8. The van der Waals surface area contributed by atoms with Gasteiger partial charge in [-0.15, -0.1) is 0 Å². The summed E-state index contributed by atoms with van der Waals surface area (Å²) in [6, 6.07) is 5.70. The fraction of sp³-hybridized carbons (Fsp3) is 0.222. The van der Waals surface area contributed by atoms with Gasteiger partial charge in [0.05, 0.1) is 22.8 Å². The van der Waals surface area contributed by atoms with E-state index in [0.717, 1.165) is 23.4 Å². The van der Waals surface area contributed by atoms with Crippen molar-refractivity contribution < 1.29 is 8.78 Å². The monoisotopic (exact) mass is 314 g/mol. The van der Waals surface area contributed by atoms with Crippen molar-refractivity contribution in [2.45, 2.75) is 26.7 Å². The SMILES string of the molecule is Cc1ccc(F)c(-n2cc(C(C)C)c3ncc(F)cc3c2=O)c1. The van der Waals surface area contributed by atoms with Crippen LogP contribution in [0.1, 0.15) is 30.9 Å². The van der Waals surface area contributed by atoms with Crippen LogP contribution in [0.4, 0.5) is 8.78 Å². The number of halogens is 2. The van der Waals surface area contributed by atoms with Crippen LogP contribution in [-0.2, 0) is 0 Å². The molecule has 3 aromatic rings. The molecular weight excluding hydrogens is 298 g/mol. The zero-order chi connectivity index (χ0) is 16.7. The van der Waals surface area contributed by atoms with Crippen molar-refractivity contribution in [3.63, 3.8) is 0 Å². The lowest BCUT2D eigenvalue weighted by Gasteiger charge is -2.15. The fourth-order valence-corrected chi connectivity index (χ4v) is 2.63. The van der Waals surface area contributed by atoms with Crippen molar-refractivity contribution in [3.05, 3.63) is 69.8 Å². The quantitative estimate of drug-likeness (QED) is 0.714. The molecule has 0 N–H and O–H groups in total. The number of fused-ring (bicyclic) bond motifs is 1. The molecule has 2 heterocycles. The molecule has 118 valence electrons. The average molecular weight is 314 g/mol. The van der Waals surface area contributed by atoms with Gasteiger partial charge in [0.25, 0.3) is 5.56 Å². The van der Waals surface area contributed by atoms with Crippen LogP contribution >= 0.6 is 0 Å². The van der Waals surface area contributed by atoms with Crippen molar-refractivity contribution in [2.75, 3.05) is 0 Å². The van der Waals surface area contributed by atoms with E-state index >= 15 is 0 Å². The molecule has 0 unspecified atom stereocenters. The molecule has 2 aromatic heterocycles. The molecule has 0 bridgehead atoms. The molecule has 0 atom stereocenters. The molecule has 0 aliphatic heterocycles. The molecule has 0 saturated heterocycles. The standard InChI is InChI=1S/C18H16F2N2O/c1-10(2)14-9-22(16-6-11(3)4-5-15(16)20)18(23)13-7-12(19)8-21-17(13)14/h4-10H,1-3H3. The summed E-state index contributed by atoms with van der Waals surface area (Å²) in [5, 5.41) is 0.150. The Labute approximate surface area is 132 Å². The molecule has 0 aliphatic carbocycles. The van der Waals surface area contributed by atoms with Crippen LogP contribution < -0.4 is 5.56 Å². The van der Waals surface area contributed by atoms with Crippen molar-refractivity contribution in [1.82, 2.24) is 9.55 Å². The molecule has 0 saturated carbocycles. The van der Waals surface area contributed by atoms with Gasteiger partial charge in [-0.05, 0) is 42.2 Å². The number of nitrogens with zero attached hydrogens (tertiary/aromatic N) is 2. The van der Waals surface area contributed by atoms with Crippen molar-refractivity contribution in [3.8, 4) is 5.69 Å². The number of hydrogen-bond donors (Lipinski definition) is 0. The number of benzene rings is 1. The van der Waals surface area contributed by atoms with Gasteiger partial charge < -0.3 is 0 Å². The summed E-state index contributed by atoms with van der Waals surface area (Å²) in [5.41, 5.74) is 1.72. The summed E-state index contributed by atoms with van der Waals surface area (Å²) in [6.45, 7) is 5.71. The van der Waals surface area contributed by atoms with E-state index in [1.807, 2.05) is 20.8 Å². The highest BCUT2D eigenvalue weighted by Gasteiger charge is 2.16. The Balaban J connectivity index is 2.44. The summed E-state index contributed by atoms with van der Waals surface area (Å²) >= 11 is 0. The lowest BCUT2D eigenvalue weighted by Crippen LogP contribution is -2.21. The largest absolute Gasteiger partial charge is 0.280 e. The average Bonchev–Trinajstić information content (AvgIpc) is 2.50. The molecule has 23 heavy (non-hydrogen) atoms. The van der Waals surface area contributed by atoms with Crippen LogP contribution in [0.15, 0.2) is 41.5 Å². The van der Waals surface area contributed by atoms with Gasteiger partial charge in [0, 0.05) is 6.20 Å². The number of rotatable bonds is 2. The summed E-state index contributed by atoms with van der Waals surface area (Å²) in [5.74, 6) is -1.04. The third-order valence-corrected chi connectivity index (χ3v) is 3.83. The Hall–Kier alpha value is -2.56. The lowest BCUT2D eigenvalue weighted by molar-refractivity contribution is 0.614. The van der Waals surface area contributed by atoms with Gasteiger partial charge in [-0.25, -0.2) is 8.78 Å². The highest BCUT2D eigenvalue weighted by Crippen LogP contribution is 2.24. The van der Waals surface area contributed by atoms with E-state index in [4.69, 9.17) is 0 Å². The number of hydrogen-bond acceptors (Lipinski definition) is 2. The van der Waals surface area contributed by atoms with E-state index in [1.54, 1.807) is 18.3 Å². The highest BCUT2D eigenvalue weighted by molar-refractivity contribution is 5.81. The molecule has 0 amide bonds. The Morgan fingerprint density at radius 3 is 2.61 bits per heavy atom. The molecule has 0 spiro atoms. The minimum absolute atomic E-state index is 0.0511. The summed E-state index contributed by atoms with van der Waals surface area (Å²) in [7, 11) is 0. The van der Waals surface area contributed by atoms with Crippen LogP contribution in [-0.4, -0.2) is 9.55 Å². The predicted octanol–water partition coefficient (Wildman–Crippen LogP) is 4.10. The minimum Gasteiger partial charge on any atom is -0.280 e. The molecular formula is C18H16F2N2O. The van der Waals surface area contributed by atoms with Crippen LogP contribution in [0.2, 0.25) is 0 Å². The molecule has 0 radical (unpaired) electrons. The second kappa shape index (κ2) is 5.57. The normalized spacial score (nSPS) is 11.4. The summed E-state index contributed by atoms with van der Waals surface area (Å²) < 4.78 is 29.0. The van der Waals surface area contributed by atoms with E-state index in [0.29, 0.717) is 5.52 Å². The third-order valence-electron chi connectivity index (χ3n) is 3.83. The second-order valence-corrected chi connectivity index (χ2v) is 5.92. The Morgan fingerprint density at radius 1 is 1.17 bits per heavy atom. The zero-order valence-electron chi connectivity index (χ0n) is 13.1. The van der Waals surface area contributed by atoms with Gasteiger partial charge in [-0.1, -0.05) is 19.9 Å². The first-order chi connectivity index (χ1) is 10.9. The van der Waals surface area contributed by atoms with Gasteiger partial charge in [-0.2, -0.15) is 0 Å². The number of aryl methyl sites for hydroxylation is 1. The first-order valence-electron chi connectivity index (χ1n) is 7.36. The maximum atomic E-state index is 14.2. The van der Waals surface area contributed by atoms with Crippen LogP contribution in [0.3, 0.4) is 0 Å². The Morgan fingerprint density at radius 2 is 1.91 bits per heavy atom. The lowest BCUT2D eigenvalue weighted by atomic mass is 10.0. The Kier molecular flexibility index (Phi) is 3.72. The van der Waals surface area contributed by atoms with E-state index in [-0.39, 0.29) is 17.0 Å². The van der Waals surface area contributed by atoms with E-state index in [1.165, 1.54) is 10.6 Å². The molecule has 3 nitrogen and oxygen atoms in total. The molecule has 0 fully saturated rings. The van der Waals surface area contributed by atoms with Crippen molar-refractivity contribution in [1.29, 1.82) is 0 Å². The molecule has 3 rings (SSSR count). The Bertz CT molecular complexity index is 961. The number of aromatic nitrogens is 2. The summed E-state index contributed by atoms with van der Waals surface area (Å²) in [6.07, 6.45) is 2.68. The minimum atomic E-state index is -0.591. The van der Waals surface area contributed by atoms with Crippen LogP contribution in [0.5, 0.6) is 0 Å². The second-order valence-electron chi connectivity index (χ2n) is 5.92. The van der Waals surface area contributed by atoms with Gasteiger partial charge in [0.1, 0.15) is 11.6 Å². The maximum Gasteiger partial charge on any atom is 0.264 e. The highest BCUT2D eigenvalue weighted by atomic mass is 19.1. The van der Waals surface area contributed by atoms with Crippen LogP contribution in [0, 0.1) is 18.6 Å². The van der Waals surface area contributed by atoms with Crippen molar-refractivity contribution in [2.24, 2.45) is 0 Å². The first kappa shape index (κ1) is 15.3. The zero-order valence-corrected chi connectivity index (χ0v) is 13.1. The van der Waals surface area contributed by atoms with Gasteiger partial charge in [0.15, 0.2) is 0 Å². The predicted molar refractivity (Wildman–Crippen MR) is 86.1 cm³/mol. The molecule has 1 aromatic carbocycles. The smallest absolute Gasteiger partial charge is 0.264 e. The van der Waals surface area contributed by atoms with Gasteiger partial charge in [0.2, 0.25) is 0 Å². The van der Waals surface area contributed by atoms with Crippen molar-refractivity contribution >= 4 is 10.9 Å². The van der Waals surface area contributed by atoms with Gasteiger partial charge in [-0.3, -0.25) is 14.3 Å².